The van der Waals surface area contributed by atoms with Crippen LogP contribution < -0.4 is 0 Å². The highest BCUT2D eigenvalue weighted by molar-refractivity contribution is 5.76. The van der Waals surface area contributed by atoms with Gasteiger partial charge in [0.15, 0.2) is 0 Å². The molecule has 0 bridgehead atoms. The number of hydrogen-bond donors (Lipinski definition) is 1. The van der Waals surface area contributed by atoms with Crippen LogP contribution in [0.15, 0.2) is 18.2 Å². The van der Waals surface area contributed by atoms with Gasteiger partial charge in [-0.25, -0.2) is 4.98 Å². The van der Waals surface area contributed by atoms with E-state index < -0.39 is 11.7 Å². The van der Waals surface area contributed by atoms with Crippen LogP contribution in [0.25, 0.3) is 11.0 Å². The number of halogens is 3. The standard InChI is InChI=1S/C12H13F3N2/c1-2-3-4-11-16-9-6-5-8(12(13,14)15)7-10(9)17-11/h5-7H,2-4H2,1H3,(H,16,17). The number of aromatic nitrogens is 2. The molecule has 0 fully saturated rings. The van der Waals surface area contributed by atoms with Crippen LogP contribution in [-0.2, 0) is 12.6 Å². The van der Waals surface area contributed by atoms with E-state index in [-0.39, 0.29) is 0 Å². The van der Waals surface area contributed by atoms with E-state index in [4.69, 9.17) is 0 Å². The van der Waals surface area contributed by atoms with Gasteiger partial charge in [-0.15, -0.1) is 0 Å². The maximum Gasteiger partial charge on any atom is 0.416 e. The first-order valence-electron chi connectivity index (χ1n) is 5.56. The molecule has 17 heavy (non-hydrogen) atoms. The van der Waals surface area contributed by atoms with Crippen LogP contribution in [0.5, 0.6) is 0 Å². The topological polar surface area (TPSA) is 28.7 Å². The van der Waals surface area contributed by atoms with Gasteiger partial charge in [-0.1, -0.05) is 13.3 Å². The number of nitrogens with one attached hydrogen (secondary N) is 1. The Kier molecular flexibility index (Phi) is 3.09. The Morgan fingerprint density at radius 1 is 1.29 bits per heavy atom. The van der Waals surface area contributed by atoms with Gasteiger partial charge in [-0.3, -0.25) is 0 Å². The van der Waals surface area contributed by atoms with Crippen LogP contribution >= 0.6 is 0 Å². The first-order chi connectivity index (χ1) is 8.00. The number of nitrogens with zero attached hydrogens (tertiary/aromatic N) is 1. The molecular weight excluding hydrogens is 229 g/mol. The first kappa shape index (κ1) is 12.0. The van der Waals surface area contributed by atoms with E-state index in [9.17, 15) is 13.2 Å². The highest BCUT2D eigenvalue weighted by Gasteiger charge is 2.30. The molecule has 0 saturated carbocycles. The average molecular weight is 242 g/mol. The molecule has 0 saturated heterocycles. The number of benzene rings is 1. The van der Waals surface area contributed by atoms with Gasteiger partial charge < -0.3 is 4.98 Å². The minimum absolute atomic E-state index is 0.450. The van der Waals surface area contributed by atoms with Gasteiger partial charge in [0.2, 0.25) is 0 Å². The molecule has 1 aromatic heterocycles. The minimum atomic E-state index is -4.30. The Morgan fingerprint density at radius 2 is 2.06 bits per heavy atom. The third-order valence-corrected chi connectivity index (χ3v) is 2.63. The maximum atomic E-state index is 12.5. The van der Waals surface area contributed by atoms with Crippen molar-refractivity contribution in [2.24, 2.45) is 0 Å². The summed E-state index contributed by atoms with van der Waals surface area (Å²) >= 11 is 0. The molecule has 2 aromatic rings. The van der Waals surface area contributed by atoms with Crippen molar-refractivity contribution in [1.82, 2.24) is 9.97 Å². The summed E-state index contributed by atoms with van der Waals surface area (Å²) in [5.74, 6) is 0.751. The van der Waals surface area contributed by atoms with Crippen molar-refractivity contribution in [2.45, 2.75) is 32.4 Å². The molecule has 0 amide bonds. The van der Waals surface area contributed by atoms with Crippen molar-refractivity contribution in [2.75, 3.05) is 0 Å². The van der Waals surface area contributed by atoms with Gasteiger partial charge in [0.25, 0.3) is 0 Å². The SMILES string of the molecule is CCCCc1nc2ccc(C(F)(F)F)cc2[nH]1. The maximum absolute atomic E-state index is 12.5. The Balaban J connectivity index is 2.34. The van der Waals surface area contributed by atoms with Crippen molar-refractivity contribution in [3.8, 4) is 0 Å². The predicted molar refractivity (Wildman–Crippen MR) is 59.7 cm³/mol. The van der Waals surface area contributed by atoms with Crippen LogP contribution in [0.1, 0.15) is 31.2 Å². The number of aryl methyl sites for hydroxylation is 1. The Hall–Kier alpha value is -1.52. The normalized spacial score (nSPS) is 12.2. The Labute approximate surface area is 96.9 Å². The fraction of sp³-hybridized carbons (Fsp3) is 0.417. The van der Waals surface area contributed by atoms with Crippen molar-refractivity contribution in [3.05, 3.63) is 29.6 Å². The van der Waals surface area contributed by atoms with Crippen LogP contribution in [-0.4, -0.2) is 9.97 Å². The molecule has 2 nitrogen and oxygen atoms in total. The number of unbranched alkanes of at least 4 members (excludes halogenated alkanes) is 1. The number of hydrogen-bond acceptors (Lipinski definition) is 1. The number of fused-ring (bicyclic) bond motifs is 1. The fourth-order valence-electron chi connectivity index (χ4n) is 1.70. The van der Waals surface area contributed by atoms with Crippen molar-refractivity contribution < 1.29 is 13.2 Å². The molecule has 0 unspecified atom stereocenters. The van der Waals surface area contributed by atoms with E-state index in [0.717, 1.165) is 37.2 Å². The van der Waals surface area contributed by atoms with E-state index in [1.807, 2.05) is 0 Å². The molecule has 0 aliphatic heterocycles. The van der Waals surface area contributed by atoms with E-state index in [0.29, 0.717) is 11.0 Å². The molecule has 0 atom stereocenters. The number of H-pyrrole nitrogens is 1. The largest absolute Gasteiger partial charge is 0.416 e. The van der Waals surface area contributed by atoms with E-state index in [2.05, 4.69) is 16.9 Å². The Bertz CT molecular complexity index is 514. The summed E-state index contributed by atoms with van der Waals surface area (Å²) in [5, 5.41) is 0. The zero-order chi connectivity index (χ0) is 12.5. The summed E-state index contributed by atoms with van der Waals surface area (Å²) in [5.41, 5.74) is 0.394. The smallest absolute Gasteiger partial charge is 0.342 e. The van der Waals surface area contributed by atoms with E-state index in [1.54, 1.807) is 0 Å². The first-order valence-corrected chi connectivity index (χ1v) is 5.56. The van der Waals surface area contributed by atoms with Gasteiger partial charge in [-0.05, 0) is 24.6 Å². The quantitative estimate of drug-likeness (QED) is 0.868. The van der Waals surface area contributed by atoms with Gasteiger partial charge >= 0.3 is 6.18 Å². The van der Waals surface area contributed by atoms with Crippen LogP contribution in [0.4, 0.5) is 13.2 Å². The average Bonchev–Trinajstić information content (AvgIpc) is 2.66. The molecule has 5 heteroatoms. The van der Waals surface area contributed by atoms with Gasteiger partial charge in [0, 0.05) is 6.42 Å². The molecule has 0 spiro atoms. The zero-order valence-electron chi connectivity index (χ0n) is 9.43. The molecule has 1 heterocycles. The lowest BCUT2D eigenvalue weighted by molar-refractivity contribution is -0.137. The highest BCUT2D eigenvalue weighted by Crippen LogP contribution is 2.30. The van der Waals surface area contributed by atoms with Crippen LogP contribution in [0.2, 0.25) is 0 Å². The van der Waals surface area contributed by atoms with Gasteiger partial charge in [-0.2, -0.15) is 13.2 Å². The fourth-order valence-corrected chi connectivity index (χ4v) is 1.70. The second-order valence-corrected chi connectivity index (χ2v) is 4.02. The number of imidazole rings is 1. The minimum Gasteiger partial charge on any atom is -0.342 e. The zero-order valence-corrected chi connectivity index (χ0v) is 9.43. The summed E-state index contributed by atoms with van der Waals surface area (Å²) in [4.78, 5) is 7.18. The van der Waals surface area contributed by atoms with Crippen LogP contribution in [0, 0.1) is 0 Å². The molecule has 0 aliphatic carbocycles. The Morgan fingerprint density at radius 3 is 2.71 bits per heavy atom. The molecule has 0 aliphatic rings. The lowest BCUT2D eigenvalue weighted by Crippen LogP contribution is -2.04. The summed E-state index contributed by atoms with van der Waals surface area (Å²) in [6.45, 7) is 2.06. The monoisotopic (exact) mass is 242 g/mol. The lowest BCUT2D eigenvalue weighted by atomic mass is 10.2. The van der Waals surface area contributed by atoms with E-state index in [1.165, 1.54) is 6.07 Å². The second-order valence-electron chi connectivity index (χ2n) is 4.02. The molecule has 1 N–H and O–H groups in total. The molecule has 2 rings (SSSR count). The van der Waals surface area contributed by atoms with Crippen molar-refractivity contribution >= 4 is 11.0 Å². The van der Waals surface area contributed by atoms with Crippen molar-refractivity contribution in [1.29, 1.82) is 0 Å². The summed E-state index contributed by atoms with van der Waals surface area (Å²) in [7, 11) is 0. The number of rotatable bonds is 3. The highest BCUT2D eigenvalue weighted by atomic mass is 19.4. The van der Waals surface area contributed by atoms with Gasteiger partial charge in [0.05, 0.1) is 16.6 Å². The molecule has 0 radical (unpaired) electrons. The third-order valence-electron chi connectivity index (χ3n) is 2.63. The summed E-state index contributed by atoms with van der Waals surface area (Å²) in [6.07, 6.45) is -1.52. The third kappa shape index (κ3) is 2.60. The van der Waals surface area contributed by atoms with Crippen molar-refractivity contribution in [3.63, 3.8) is 0 Å². The summed E-state index contributed by atoms with van der Waals surface area (Å²) in [6, 6.07) is 3.58. The number of alkyl halides is 3. The lowest BCUT2D eigenvalue weighted by Gasteiger charge is -2.05. The van der Waals surface area contributed by atoms with Crippen LogP contribution in [0.3, 0.4) is 0 Å². The van der Waals surface area contributed by atoms with E-state index >= 15 is 0 Å². The molecule has 92 valence electrons. The molecule has 1 aromatic carbocycles. The molecular formula is C12H13F3N2. The van der Waals surface area contributed by atoms with Gasteiger partial charge in [0.1, 0.15) is 5.82 Å². The summed E-state index contributed by atoms with van der Waals surface area (Å²) < 4.78 is 37.5. The predicted octanol–water partition coefficient (Wildman–Crippen LogP) is 3.92. The number of aromatic amines is 1. The second kappa shape index (κ2) is 4.39.